The van der Waals surface area contributed by atoms with E-state index in [1.54, 1.807) is 11.9 Å². The first-order valence-electron chi connectivity index (χ1n) is 9.55. The molecular weight excluding hydrogens is 344 g/mol. The number of fused-ring (bicyclic) bond motifs is 2. The van der Waals surface area contributed by atoms with Gasteiger partial charge in [0.05, 0.1) is 11.8 Å². The number of hydrogen-bond acceptors (Lipinski definition) is 2. The third-order valence-corrected chi connectivity index (χ3v) is 5.49. The number of nitrogens with zero attached hydrogens (tertiary/aromatic N) is 2. The summed E-state index contributed by atoms with van der Waals surface area (Å²) in [7, 11) is 0. The monoisotopic (exact) mass is 364 g/mol. The van der Waals surface area contributed by atoms with Crippen LogP contribution in [0.15, 0.2) is 90.0 Å². The van der Waals surface area contributed by atoms with E-state index in [4.69, 9.17) is 5.10 Å². The van der Waals surface area contributed by atoms with Crippen LogP contribution in [0.3, 0.4) is 0 Å². The van der Waals surface area contributed by atoms with Gasteiger partial charge in [0.15, 0.2) is 0 Å². The number of hydrazone groups is 1. The van der Waals surface area contributed by atoms with Crippen molar-refractivity contribution in [3.63, 3.8) is 0 Å². The maximum absolute atomic E-state index is 12.5. The molecule has 0 saturated heterocycles. The molecular formula is C25H20N2O. The van der Waals surface area contributed by atoms with Gasteiger partial charge < -0.3 is 0 Å². The molecule has 0 radical (unpaired) electrons. The van der Waals surface area contributed by atoms with Crippen LogP contribution in [-0.4, -0.2) is 16.6 Å². The minimum absolute atomic E-state index is 0.0343. The van der Waals surface area contributed by atoms with E-state index in [1.165, 1.54) is 27.1 Å². The molecule has 5 rings (SSSR count). The highest BCUT2D eigenvalue weighted by molar-refractivity contribution is 6.06. The van der Waals surface area contributed by atoms with Crippen LogP contribution in [0.4, 0.5) is 0 Å². The number of benzene rings is 4. The molecule has 3 nitrogen and oxygen atoms in total. The van der Waals surface area contributed by atoms with Gasteiger partial charge in [-0.1, -0.05) is 78.9 Å². The normalized spacial score (nSPS) is 16.5. The Morgan fingerprint density at radius 1 is 0.857 bits per heavy atom. The van der Waals surface area contributed by atoms with Gasteiger partial charge >= 0.3 is 0 Å². The molecule has 0 fully saturated rings. The summed E-state index contributed by atoms with van der Waals surface area (Å²) >= 11 is 0. The Balaban J connectivity index is 1.73. The van der Waals surface area contributed by atoms with Crippen LogP contribution in [-0.2, 0) is 4.79 Å². The Hall–Kier alpha value is -3.46. The second-order valence-electron chi connectivity index (χ2n) is 7.23. The largest absolute Gasteiger partial charge is 0.273 e. The van der Waals surface area contributed by atoms with Crippen molar-refractivity contribution in [3.8, 4) is 0 Å². The van der Waals surface area contributed by atoms with Gasteiger partial charge in [-0.25, -0.2) is 5.01 Å². The zero-order chi connectivity index (χ0) is 19.1. The second kappa shape index (κ2) is 6.61. The summed E-state index contributed by atoms with van der Waals surface area (Å²) in [4.78, 5) is 12.5. The third-order valence-electron chi connectivity index (χ3n) is 5.49. The van der Waals surface area contributed by atoms with Gasteiger partial charge in [-0.05, 0) is 38.7 Å². The summed E-state index contributed by atoms with van der Waals surface area (Å²) in [5.41, 5.74) is 3.21. The molecule has 1 aliphatic heterocycles. The molecule has 0 unspecified atom stereocenters. The lowest BCUT2D eigenvalue weighted by molar-refractivity contribution is -0.130. The summed E-state index contributed by atoms with van der Waals surface area (Å²) in [5, 5.41) is 11.1. The van der Waals surface area contributed by atoms with Crippen molar-refractivity contribution < 1.29 is 4.79 Å². The van der Waals surface area contributed by atoms with Gasteiger partial charge in [0.2, 0.25) is 5.91 Å². The van der Waals surface area contributed by atoms with E-state index in [1.807, 2.05) is 18.2 Å². The first-order chi connectivity index (χ1) is 13.7. The third kappa shape index (κ3) is 2.67. The van der Waals surface area contributed by atoms with Gasteiger partial charge in [0.25, 0.3) is 0 Å². The molecule has 0 bridgehead atoms. The predicted octanol–water partition coefficient (Wildman–Crippen LogP) is 5.69. The molecule has 4 aromatic rings. The Morgan fingerprint density at radius 2 is 1.43 bits per heavy atom. The van der Waals surface area contributed by atoms with E-state index in [-0.39, 0.29) is 11.9 Å². The van der Waals surface area contributed by atoms with E-state index < -0.39 is 0 Å². The van der Waals surface area contributed by atoms with E-state index in [0.29, 0.717) is 6.42 Å². The summed E-state index contributed by atoms with van der Waals surface area (Å²) < 4.78 is 0. The molecule has 1 atom stereocenters. The van der Waals surface area contributed by atoms with Gasteiger partial charge in [0.1, 0.15) is 0 Å². The minimum Gasteiger partial charge on any atom is -0.273 e. The average Bonchev–Trinajstić information content (AvgIpc) is 3.18. The van der Waals surface area contributed by atoms with Crippen LogP contribution < -0.4 is 0 Å². The lowest BCUT2D eigenvalue weighted by Gasteiger charge is -2.24. The van der Waals surface area contributed by atoms with Crippen molar-refractivity contribution in [2.45, 2.75) is 19.4 Å². The van der Waals surface area contributed by atoms with Crippen LogP contribution in [0.25, 0.3) is 21.5 Å². The van der Waals surface area contributed by atoms with E-state index in [0.717, 1.165) is 11.3 Å². The highest BCUT2D eigenvalue weighted by Gasteiger charge is 2.33. The summed E-state index contributed by atoms with van der Waals surface area (Å²) in [6.07, 6.45) is 0.710. The van der Waals surface area contributed by atoms with Gasteiger partial charge in [-0.3, -0.25) is 4.79 Å². The highest BCUT2D eigenvalue weighted by Crippen LogP contribution is 2.40. The van der Waals surface area contributed by atoms with Gasteiger partial charge in [-0.15, -0.1) is 0 Å². The number of carbonyl (C=O) groups is 1. The zero-order valence-corrected chi connectivity index (χ0v) is 15.7. The Kier molecular flexibility index (Phi) is 3.94. The van der Waals surface area contributed by atoms with Crippen LogP contribution >= 0.6 is 0 Å². The summed E-state index contributed by atoms with van der Waals surface area (Å²) in [6, 6.07) is 29.1. The molecule has 4 aromatic carbocycles. The molecule has 136 valence electrons. The molecule has 1 aliphatic rings. The van der Waals surface area contributed by atoms with Crippen LogP contribution in [0.5, 0.6) is 0 Å². The van der Waals surface area contributed by atoms with Crippen LogP contribution in [0.1, 0.15) is 30.5 Å². The van der Waals surface area contributed by atoms with Gasteiger partial charge in [0, 0.05) is 13.3 Å². The Morgan fingerprint density at radius 3 is 2.04 bits per heavy atom. The zero-order valence-electron chi connectivity index (χ0n) is 15.7. The quantitative estimate of drug-likeness (QED) is 0.421. The fourth-order valence-electron chi connectivity index (χ4n) is 4.24. The Labute approximate surface area is 163 Å². The topological polar surface area (TPSA) is 32.7 Å². The number of hydrogen-bond donors (Lipinski definition) is 0. The second-order valence-corrected chi connectivity index (χ2v) is 7.23. The molecule has 1 amide bonds. The maximum atomic E-state index is 12.5. The summed E-state index contributed by atoms with van der Waals surface area (Å²) in [5.74, 6) is -0.0343. The number of carbonyl (C=O) groups excluding carboxylic acids is 1. The number of amides is 1. The minimum atomic E-state index is -0.108. The van der Waals surface area contributed by atoms with E-state index >= 15 is 0 Å². The van der Waals surface area contributed by atoms with E-state index in [9.17, 15) is 4.79 Å². The van der Waals surface area contributed by atoms with Crippen molar-refractivity contribution >= 4 is 33.2 Å². The molecule has 0 N–H and O–H groups in total. The Bertz CT molecular complexity index is 1170. The first kappa shape index (κ1) is 16.7. The number of rotatable bonds is 2. The summed E-state index contributed by atoms with van der Waals surface area (Å²) in [6.45, 7) is 1.59. The molecule has 0 saturated carbocycles. The lowest BCUT2D eigenvalue weighted by Crippen LogP contribution is -2.24. The molecule has 0 aliphatic carbocycles. The predicted molar refractivity (Wildman–Crippen MR) is 114 cm³/mol. The molecule has 0 aromatic heterocycles. The van der Waals surface area contributed by atoms with Crippen LogP contribution in [0, 0.1) is 0 Å². The van der Waals surface area contributed by atoms with Crippen molar-refractivity contribution in [1.82, 2.24) is 5.01 Å². The highest BCUT2D eigenvalue weighted by atomic mass is 16.2. The van der Waals surface area contributed by atoms with Crippen molar-refractivity contribution in [2.24, 2.45) is 5.10 Å². The van der Waals surface area contributed by atoms with Crippen molar-refractivity contribution in [1.29, 1.82) is 0 Å². The maximum Gasteiger partial charge on any atom is 0.240 e. The molecule has 1 heterocycles. The first-order valence-corrected chi connectivity index (χ1v) is 9.55. The van der Waals surface area contributed by atoms with E-state index in [2.05, 4.69) is 66.7 Å². The fraction of sp³-hybridized carbons (Fsp3) is 0.120. The lowest BCUT2D eigenvalue weighted by atomic mass is 9.89. The van der Waals surface area contributed by atoms with Gasteiger partial charge in [-0.2, -0.15) is 5.10 Å². The standard InChI is InChI=1S/C25H20N2O/c1-17(28)27-24(16-23(26-27)18-9-3-2-4-10-18)25-21-13-7-5-11-19(21)15-20-12-6-8-14-22(20)25/h2-15,24H,16H2,1H3/t24-/m1/s1. The fourth-order valence-corrected chi connectivity index (χ4v) is 4.24. The SMILES string of the molecule is CC(=O)N1N=C(c2ccccc2)C[C@@H]1c1c2ccccc2cc2ccccc12. The molecule has 0 spiro atoms. The molecule has 28 heavy (non-hydrogen) atoms. The molecule has 3 heteroatoms. The van der Waals surface area contributed by atoms with Crippen molar-refractivity contribution in [3.05, 3.63) is 96.1 Å². The smallest absolute Gasteiger partial charge is 0.240 e. The average molecular weight is 364 g/mol. The van der Waals surface area contributed by atoms with Crippen molar-refractivity contribution in [2.75, 3.05) is 0 Å². The van der Waals surface area contributed by atoms with Crippen LogP contribution in [0.2, 0.25) is 0 Å².